The van der Waals surface area contributed by atoms with Crippen molar-refractivity contribution in [1.82, 2.24) is 5.32 Å². The Morgan fingerprint density at radius 3 is 2.45 bits per heavy atom. The highest BCUT2D eigenvalue weighted by molar-refractivity contribution is 5.43. The zero-order valence-electron chi connectivity index (χ0n) is 12.1. The summed E-state index contributed by atoms with van der Waals surface area (Å²) in [4.78, 5) is 0. The first kappa shape index (κ1) is 14.4. The Morgan fingerprint density at radius 1 is 0.950 bits per heavy atom. The number of rotatable bonds is 7. The van der Waals surface area contributed by atoms with E-state index >= 15 is 0 Å². The average molecular weight is 271 g/mol. The summed E-state index contributed by atoms with van der Waals surface area (Å²) in [7, 11) is 1.66. The Morgan fingerprint density at radius 2 is 1.75 bits per heavy atom. The molecule has 0 aliphatic carbocycles. The van der Waals surface area contributed by atoms with Gasteiger partial charge >= 0.3 is 0 Å². The number of ether oxygens (including phenoxy) is 2. The van der Waals surface area contributed by atoms with Gasteiger partial charge in [-0.15, -0.1) is 0 Å². The molecular weight excluding hydrogens is 250 g/mol. The molecule has 0 amide bonds. The van der Waals surface area contributed by atoms with Crippen LogP contribution in [0, 0.1) is 0 Å². The normalized spacial score (nSPS) is 10.3. The second-order valence-electron chi connectivity index (χ2n) is 4.54. The van der Waals surface area contributed by atoms with Gasteiger partial charge < -0.3 is 14.8 Å². The minimum atomic E-state index is 0.544. The molecule has 0 saturated carbocycles. The van der Waals surface area contributed by atoms with Crippen molar-refractivity contribution in [2.75, 3.05) is 13.7 Å². The molecular formula is C17H21NO2. The maximum Gasteiger partial charge on any atom is 0.161 e. The van der Waals surface area contributed by atoms with Gasteiger partial charge in [-0.05, 0) is 29.8 Å². The molecule has 0 spiro atoms. The SMILES string of the molecule is CCNCc1ccc(OC)c(OCc2ccccc2)c1. The van der Waals surface area contributed by atoms with Crippen LogP contribution in [-0.2, 0) is 13.2 Å². The zero-order chi connectivity index (χ0) is 14.2. The first-order valence-electron chi connectivity index (χ1n) is 6.88. The summed E-state index contributed by atoms with van der Waals surface area (Å²) in [5.74, 6) is 1.55. The fraction of sp³-hybridized carbons (Fsp3) is 0.294. The Bertz CT molecular complexity index is 526. The van der Waals surface area contributed by atoms with Crippen LogP contribution in [0.1, 0.15) is 18.1 Å². The standard InChI is InChI=1S/C17H21NO2/c1-3-18-12-15-9-10-16(19-2)17(11-15)20-13-14-7-5-4-6-8-14/h4-11,18H,3,12-13H2,1-2H3. The van der Waals surface area contributed by atoms with Crippen LogP contribution >= 0.6 is 0 Å². The van der Waals surface area contributed by atoms with E-state index in [0.29, 0.717) is 6.61 Å². The fourth-order valence-electron chi connectivity index (χ4n) is 1.95. The number of methoxy groups -OCH3 is 1. The predicted molar refractivity (Wildman–Crippen MR) is 81.1 cm³/mol. The number of benzene rings is 2. The van der Waals surface area contributed by atoms with Gasteiger partial charge in [0, 0.05) is 6.54 Å². The van der Waals surface area contributed by atoms with Gasteiger partial charge in [0.1, 0.15) is 6.61 Å². The molecule has 2 aromatic carbocycles. The van der Waals surface area contributed by atoms with Gasteiger partial charge in [0.15, 0.2) is 11.5 Å². The summed E-state index contributed by atoms with van der Waals surface area (Å²) >= 11 is 0. The second-order valence-corrected chi connectivity index (χ2v) is 4.54. The van der Waals surface area contributed by atoms with E-state index in [1.165, 1.54) is 5.56 Å². The summed E-state index contributed by atoms with van der Waals surface area (Å²) in [6.07, 6.45) is 0. The molecule has 0 fully saturated rings. The molecule has 0 heterocycles. The molecule has 3 heteroatoms. The van der Waals surface area contributed by atoms with Crippen molar-refractivity contribution in [1.29, 1.82) is 0 Å². The van der Waals surface area contributed by atoms with Crippen molar-refractivity contribution in [3.8, 4) is 11.5 Å². The lowest BCUT2D eigenvalue weighted by molar-refractivity contribution is 0.284. The van der Waals surface area contributed by atoms with Crippen LogP contribution in [0.5, 0.6) is 11.5 Å². The van der Waals surface area contributed by atoms with Gasteiger partial charge in [0.25, 0.3) is 0 Å². The Balaban J connectivity index is 2.07. The van der Waals surface area contributed by atoms with Gasteiger partial charge in [-0.25, -0.2) is 0 Å². The molecule has 3 nitrogen and oxygen atoms in total. The third-order valence-electron chi connectivity index (χ3n) is 3.04. The minimum absolute atomic E-state index is 0.544. The van der Waals surface area contributed by atoms with E-state index in [-0.39, 0.29) is 0 Å². The van der Waals surface area contributed by atoms with Crippen molar-refractivity contribution < 1.29 is 9.47 Å². The minimum Gasteiger partial charge on any atom is -0.493 e. The summed E-state index contributed by atoms with van der Waals surface area (Å²) in [6, 6.07) is 16.2. The maximum absolute atomic E-state index is 5.88. The van der Waals surface area contributed by atoms with Crippen LogP contribution in [-0.4, -0.2) is 13.7 Å². The van der Waals surface area contributed by atoms with Gasteiger partial charge in [-0.3, -0.25) is 0 Å². The van der Waals surface area contributed by atoms with E-state index in [4.69, 9.17) is 9.47 Å². The lowest BCUT2D eigenvalue weighted by Crippen LogP contribution is -2.11. The van der Waals surface area contributed by atoms with Crippen LogP contribution < -0.4 is 14.8 Å². The molecule has 2 rings (SSSR count). The first-order valence-corrected chi connectivity index (χ1v) is 6.88. The van der Waals surface area contributed by atoms with Gasteiger partial charge in [-0.1, -0.05) is 43.3 Å². The molecule has 1 N–H and O–H groups in total. The largest absolute Gasteiger partial charge is 0.493 e. The van der Waals surface area contributed by atoms with Crippen LogP contribution in [0.2, 0.25) is 0 Å². The molecule has 20 heavy (non-hydrogen) atoms. The predicted octanol–water partition coefficient (Wildman–Crippen LogP) is 3.38. The topological polar surface area (TPSA) is 30.5 Å². The van der Waals surface area contributed by atoms with Crippen molar-refractivity contribution in [2.24, 2.45) is 0 Å². The fourth-order valence-corrected chi connectivity index (χ4v) is 1.95. The molecule has 0 atom stereocenters. The molecule has 2 aromatic rings. The molecule has 0 aliphatic heterocycles. The molecule has 0 unspecified atom stereocenters. The van der Waals surface area contributed by atoms with E-state index in [9.17, 15) is 0 Å². The van der Waals surface area contributed by atoms with E-state index in [1.54, 1.807) is 7.11 Å². The summed E-state index contributed by atoms with van der Waals surface area (Å²) in [5.41, 5.74) is 2.34. The van der Waals surface area contributed by atoms with Crippen molar-refractivity contribution in [3.63, 3.8) is 0 Å². The molecule has 0 aliphatic rings. The summed E-state index contributed by atoms with van der Waals surface area (Å²) in [5, 5.41) is 3.31. The van der Waals surface area contributed by atoms with Crippen LogP contribution in [0.4, 0.5) is 0 Å². The monoisotopic (exact) mass is 271 g/mol. The lowest BCUT2D eigenvalue weighted by atomic mass is 10.2. The van der Waals surface area contributed by atoms with E-state index in [2.05, 4.69) is 30.4 Å². The zero-order valence-corrected chi connectivity index (χ0v) is 12.1. The highest BCUT2D eigenvalue weighted by atomic mass is 16.5. The van der Waals surface area contributed by atoms with E-state index in [0.717, 1.165) is 30.2 Å². The van der Waals surface area contributed by atoms with Crippen molar-refractivity contribution >= 4 is 0 Å². The average Bonchev–Trinajstić information content (AvgIpc) is 2.52. The molecule has 0 bridgehead atoms. The highest BCUT2D eigenvalue weighted by Crippen LogP contribution is 2.28. The lowest BCUT2D eigenvalue weighted by Gasteiger charge is -2.12. The Kier molecular flexibility index (Phi) is 5.44. The third kappa shape index (κ3) is 4.00. The second kappa shape index (κ2) is 7.56. The van der Waals surface area contributed by atoms with Gasteiger partial charge in [-0.2, -0.15) is 0 Å². The highest BCUT2D eigenvalue weighted by Gasteiger charge is 2.06. The number of hydrogen-bond acceptors (Lipinski definition) is 3. The van der Waals surface area contributed by atoms with Gasteiger partial charge in [0.2, 0.25) is 0 Å². The summed E-state index contributed by atoms with van der Waals surface area (Å²) < 4.78 is 11.2. The smallest absolute Gasteiger partial charge is 0.161 e. The quantitative estimate of drug-likeness (QED) is 0.837. The number of nitrogens with one attached hydrogen (secondary N) is 1. The van der Waals surface area contributed by atoms with Crippen LogP contribution in [0.15, 0.2) is 48.5 Å². The van der Waals surface area contributed by atoms with Gasteiger partial charge in [0.05, 0.1) is 7.11 Å². The molecule has 106 valence electrons. The number of hydrogen-bond donors (Lipinski definition) is 1. The Labute approximate surface area is 120 Å². The molecule has 0 saturated heterocycles. The first-order chi connectivity index (χ1) is 9.83. The Hall–Kier alpha value is -2.00. The van der Waals surface area contributed by atoms with E-state index < -0.39 is 0 Å². The van der Waals surface area contributed by atoms with Crippen molar-refractivity contribution in [3.05, 3.63) is 59.7 Å². The van der Waals surface area contributed by atoms with Crippen LogP contribution in [0.3, 0.4) is 0 Å². The van der Waals surface area contributed by atoms with E-state index in [1.807, 2.05) is 30.3 Å². The summed E-state index contributed by atoms with van der Waals surface area (Å²) in [6.45, 7) is 4.42. The maximum atomic E-state index is 5.88. The molecule has 0 radical (unpaired) electrons. The third-order valence-corrected chi connectivity index (χ3v) is 3.04. The molecule has 0 aromatic heterocycles. The van der Waals surface area contributed by atoms with Crippen molar-refractivity contribution in [2.45, 2.75) is 20.1 Å². The van der Waals surface area contributed by atoms with Crippen LogP contribution in [0.25, 0.3) is 0 Å².